The topological polar surface area (TPSA) is 33.1 Å². The second kappa shape index (κ2) is 6.64. The van der Waals surface area contributed by atoms with Crippen LogP contribution in [0.3, 0.4) is 0 Å². The van der Waals surface area contributed by atoms with Gasteiger partial charge < -0.3 is 14.8 Å². The van der Waals surface area contributed by atoms with Gasteiger partial charge in [-0.1, -0.05) is 6.92 Å². The Balaban J connectivity index is 2.54. The molecule has 0 aliphatic carbocycles. The maximum atomic E-state index is 4.53. The standard InChI is InChI=1S/C13H26N4/c1-6-8-17-10-12(3)15-13(17)14-11(2)7-9-16(4)5/h10-11H,6-9H2,1-5H3,(H,14,15). The molecule has 0 bridgehead atoms. The van der Waals surface area contributed by atoms with Crippen molar-refractivity contribution in [2.24, 2.45) is 0 Å². The molecule has 0 saturated carbocycles. The van der Waals surface area contributed by atoms with Crippen molar-refractivity contribution in [3.8, 4) is 0 Å². The molecule has 17 heavy (non-hydrogen) atoms. The number of aromatic nitrogens is 2. The first kappa shape index (κ1) is 14.0. The summed E-state index contributed by atoms with van der Waals surface area (Å²) in [6, 6.07) is 0.454. The lowest BCUT2D eigenvalue weighted by Gasteiger charge is -2.18. The van der Waals surface area contributed by atoms with Crippen LogP contribution in [0.15, 0.2) is 6.20 Å². The maximum Gasteiger partial charge on any atom is 0.203 e. The SMILES string of the molecule is CCCn1cc(C)nc1NC(C)CCN(C)C. The zero-order valence-electron chi connectivity index (χ0n) is 11.8. The fraction of sp³-hybridized carbons (Fsp3) is 0.769. The van der Waals surface area contributed by atoms with Gasteiger partial charge in [0.15, 0.2) is 0 Å². The number of anilines is 1. The quantitative estimate of drug-likeness (QED) is 0.791. The summed E-state index contributed by atoms with van der Waals surface area (Å²) in [7, 11) is 4.21. The predicted octanol–water partition coefficient (Wildman–Crippen LogP) is 2.35. The second-order valence-electron chi connectivity index (χ2n) is 5.04. The van der Waals surface area contributed by atoms with Gasteiger partial charge in [0, 0.05) is 18.8 Å². The monoisotopic (exact) mass is 238 g/mol. The summed E-state index contributed by atoms with van der Waals surface area (Å²) in [5, 5.41) is 3.50. The lowest BCUT2D eigenvalue weighted by molar-refractivity contribution is 0.390. The average molecular weight is 238 g/mol. The number of imidazole rings is 1. The second-order valence-corrected chi connectivity index (χ2v) is 5.04. The summed E-state index contributed by atoms with van der Waals surface area (Å²) in [6.45, 7) is 8.57. The van der Waals surface area contributed by atoms with Crippen molar-refractivity contribution in [2.75, 3.05) is 26.0 Å². The molecule has 1 aromatic rings. The summed E-state index contributed by atoms with van der Waals surface area (Å²) < 4.78 is 2.21. The van der Waals surface area contributed by atoms with Gasteiger partial charge in [0.05, 0.1) is 5.69 Å². The van der Waals surface area contributed by atoms with Crippen LogP contribution in [0.1, 0.15) is 32.4 Å². The molecular formula is C13H26N4. The lowest BCUT2D eigenvalue weighted by Crippen LogP contribution is -2.24. The molecule has 1 atom stereocenters. The molecule has 0 aliphatic rings. The van der Waals surface area contributed by atoms with Crippen LogP contribution in [0.5, 0.6) is 0 Å². The Hall–Kier alpha value is -1.03. The third kappa shape index (κ3) is 4.77. The summed E-state index contributed by atoms with van der Waals surface area (Å²) in [6.07, 6.45) is 4.38. The smallest absolute Gasteiger partial charge is 0.203 e. The molecule has 0 aromatic carbocycles. The molecule has 0 aliphatic heterocycles. The minimum absolute atomic E-state index is 0.454. The van der Waals surface area contributed by atoms with E-state index in [9.17, 15) is 0 Å². The van der Waals surface area contributed by atoms with Crippen molar-refractivity contribution < 1.29 is 0 Å². The van der Waals surface area contributed by atoms with Gasteiger partial charge in [0.1, 0.15) is 0 Å². The maximum absolute atomic E-state index is 4.53. The van der Waals surface area contributed by atoms with Gasteiger partial charge in [0.2, 0.25) is 5.95 Å². The first-order chi connectivity index (χ1) is 8.02. The van der Waals surface area contributed by atoms with Gasteiger partial charge in [-0.25, -0.2) is 4.98 Å². The summed E-state index contributed by atoms with van der Waals surface area (Å²) in [5.41, 5.74) is 1.08. The Labute approximate surface area is 105 Å². The lowest BCUT2D eigenvalue weighted by atomic mass is 10.2. The van der Waals surface area contributed by atoms with Crippen molar-refractivity contribution in [1.82, 2.24) is 14.5 Å². The van der Waals surface area contributed by atoms with Crippen LogP contribution in [-0.4, -0.2) is 41.1 Å². The Morgan fingerprint density at radius 1 is 1.47 bits per heavy atom. The van der Waals surface area contributed by atoms with E-state index in [4.69, 9.17) is 0 Å². The zero-order chi connectivity index (χ0) is 12.8. The Kier molecular flexibility index (Phi) is 5.48. The fourth-order valence-electron chi connectivity index (χ4n) is 1.82. The van der Waals surface area contributed by atoms with Crippen molar-refractivity contribution in [2.45, 2.75) is 46.2 Å². The van der Waals surface area contributed by atoms with Gasteiger partial charge in [0.25, 0.3) is 0 Å². The highest BCUT2D eigenvalue weighted by molar-refractivity contribution is 5.29. The third-order valence-electron chi connectivity index (χ3n) is 2.75. The van der Waals surface area contributed by atoms with Gasteiger partial charge in [-0.05, 0) is 47.3 Å². The van der Waals surface area contributed by atoms with Crippen molar-refractivity contribution in [3.05, 3.63) is 11.9 Å². The first-order valence-corrected chi connectivity index (χ1v) is 6.48. The Bertz CT molecular complexity index is 330. The number of hydrogen-bond acceptors (Lipinski definition) is 3. The van der Waals surface area contributed by atoms with E-state index in [0.29, 0.717) is 6.04 Å². The summed E-state index contributed by atoms with van der Waals surface area (Å²) in [5.74, 6) is 1.01. The molecule has 1 rings (SSSR count). The molecule has 0 amide bonds. The first-order valence-electron chi connectivity index (χ1n) is 6.48. The fourth-order valence-corrected chi connectivity index (χ4v) is 1.82. The highest BCUT2D eigenvalue weighted by Crippen LogP contribution is 2.11. The third-order valence-corrected chi connectivity index (χ3v) is 2.75. The van der Waals surface area contributed by atoms with E-state index in [1.807, 2.05) is 6.92 Å². The number of hydrogen-bond donors (Lipinski definition) is 1. The minimum atomic E-state index is 0.454. The molecule has 0 saturated heterocycles. The van der Waals surface area contributed by atoms with Crippen molar-refractivity contribution in [1.29, 1.82) is 0 Å². The number of aryl methyl sites for hydroxylation is 2. The van der Waals surface area contributed by atoms with Gasteiger partial charge >= 0.3 is 0 Å². The van der Waals surface area contributed by atoms with E-state index in [1.54, 1.807) is 0 Å². The van der Waals surface area contributed by atoms with E-state index in [-0.39, 0.29) is 0 Å². The molecule has 1 unspecified atom stereocenters. The number of nitrogens with zero attached hydrogens (tertiary/aromatic N) is 3. The van der Waals surface area contributed by atoms with Crippen LogP contribution in [0.25, 0.3) is 0 Å². The average Bonchev–Trinajstić information content (AvgIpc) is 2.57. The van der Waals surface area contributed by atoms with Crippen molar-refractivity contribution >= 4 is 5.95 Å². The molecule has 0 spiro atoms. The normalized spacial score (nSPS) is 13.1. The summed E-state index contributed by atoms with van der Waals surface area (Å²) >= 11 is 0. The molecular weight excluding hydrogens is 212 g/mol. The molecule has 4 nitrogen and oxygen atoms in total. The van der Waals surface area contributed by atoms with Crippen LogP contribution in [-0.2, 0) is 6.54 Å². The Morgan fingerprint density at radius 2 is 2.18 bits per heavy atom. The molecule has 1 heterocycles. The Morgan fingerprint density at radius 3 is 2.76 bits per heavy atom. The molecule has 0 radical (unpaired) electrons. The van der Waals surface area contributed by atoms with Crippen LogP contribution >= 0.6 is 0 Å². The van der Waals surface area contributed by atoms with Crippen LogP contribution < -0.4 is 5.32 Å². The molecule has 4 heteroatoms. The van der Waals surface area contributed by atoms with Gasteiger partial charge in [-0.3, -0.25) is 0 Å². The molecule has 98 valence electrons. The molecule has 1 N–H and O–H groups in total. The van der Waals surface area contributed by atoms with E-state index < -0.39 is 0 Å². The highest BCUT2D eigenvalue weighted by Gasteiger charge is 2.08. The van der Waals surface area contributed by atoms with Crippen LogP contribution in [0.2, 0.25) is 0 Å². The van der Waals surface area contributed by atoms with E-state index >= 15 is 0 Å². The molecule has 1 aromatic heterocycles. The predicted molar refractivity (Wildman–Crippen MR) is 73.5 cm³/mol. The van der Waals surface area contributed by atoms with E-state index in [0.717, 1.165) is 37.6 Å². The van der Waals surface area contributed by atoms with Crippen LogP contribution in [0, 0.1) is 6.92 Å². The van der Waals surface area contributed by atoms with Gasteiger partial charge in [-0.15, -0.1) is 0 Å². The van der Waals surface area contributed by atoms with Crippen molar-refractivity contribution in [3.63, 3.8) is 0 Å². The number of nitrogens with one attached hydrogen (secondary N) is 1. The zero-order valence-corrected chi connectivity index (χ0v) is 11.8. The van der Waals surface area contributed by atoms with Crippen LogP contribution in [0.4, 0.5) is 5.95 Å². The van der Waals surface area contributed by atoms with E-state index in [2.05, 4.69) is 53.9 Å². The highest BCUT2D eigenvalue weighted by atomic mass is 15.2. The van der Waals surface area contributed by atoms with Gasteiger partial charge in [-0.2, -0.15) is 0 Å². The van der Waals surface area contributed by atoms with E-state index in [1.165, 1.54) is 0 Å². The minimum Gasteiger partial charge on any atom is -0.353 e. The largest absolute Gasteiger partial charge is 0.353 e. The molecule has 0 fully saturated rings. The number of rotatable bonds is 7. The summed E-state index contributed by atoms with van der Waals surface area (Å²) in [4.78, 5) is 6.74.